The van der Waals surface area contributed by atoms with E-state index in [-0.39, 0.29) is 17.7 Å². The lowest BCUT2D eigenvalue weighted by Crippen LogP contribution is -2.22. The Morgan fingerprint density at radius 3 is 2.67 bits per heavy atom. The SMILES string of the molecule is O=C(O)c1cc(=O)n(CCCO)c2ccccc12. The van der Waals surface area contributed by atoms with Gasteiger partial charge in [-0.05, 0) is 12.5 Å². The Hall–Kier alpha value is -2.14. The highest BCUT2D eigenvalue weighted by Crippen LogP contribution is 2.17. The normalized spacial score (nSPS) is 10.7. The summed E-state index contributed by atoms with van der Waals surface area (Å²) in [4.78, 5) is 23.0. The van der Waals surface area contributed by atoms with E-state index in [0.717, 1.165) is 6.07 Å². The van der Waals surface area contributed by atoms with Crippen LogP contribution in [0.1, 0.15) is 16.8 Å². The number of para-hydroxylation sites is 1. The average Bonchev–Trinajstić information content (AvgIpc) is 2.36. The molecular formula is C13H13NO4. The number of hydrogen-bond acceptors (Lipinski definition) is 3. The van der Waals surface area contributed by atoms with Gasteiger partial charge in [-0.2, -0.15) is 0 Å². The summed E-state index contributed by atoms with van der Waals surface area (Å²) in [5.41, 5.74) is 0.228. The van der Waals surface area contributed by atoms with Crippen molar-refractivity contribution in [2.45, 2.75) is 13.0 Å². The number of nitrogens with zero attached hydrogens (tertiary/aromatic N) is 1. The lowest BCUT2D eigenvalue weighted by atomic mass is 10.1. The molecule has 0 saturated heterocycles. The molecule has 2 rings (SSSR count). The Kier molecular flexibility index (Phi) is 3.43. The van der Waals surface area contributed by atoms with E-state index in [1.807, 2.05) is 0 Å². The zero-order chi connectivity index (χ0) is 13.1. The van der Waals surface area contributed by atoms with Gasteiger partial charge in [-0.1, -0.05) is 18.2 Å². The van der Waals surface area contributed by atoms with Crippen molar-refractivity contribution in [3.8, 4) is 0 Å². The molecule has 5 heteroatoms. The summed E-state index contributed by atoms with van der Waals surface area (Å²) in [5.74, 6) is -1.11. The summed E-state index contributed by atoms with van der Waals surface area (Å²) >= 11 is 0. The Balaban J connectivity index is 2.73. The van der Waals surface area contributed by atoms with Crippen LogP contribution in [0, 0.1) is 0 Å². The van der Waals surface area contributed by atoms with Crippen molar-refractivity contribution in [3.63, 3.8) is 0 Å². The number of aryl methyl sites for hydroxylation is 1. The molecule has 18 heavy (non-hydrogen) atoms. The molecule has 0 aliphatic carbocycles. The first kappa shape index (κ1) is 12.3. The minimum absolute atomic E-state index is 0.0100. The summed E-state index contributed by atoms with van der Waals surface area (Å²) in [6, 6.07) is 7.99. The molecule has 0 radical (unpaired) electrons. The van der Waals surface area contributed by atoms with Crippen LogP contribution in [-0.2, 0) is 6.54 Å². The van der Waals surface area contributed by atoms with Gasteiger partial charge < -0.3 is 14.8 Å². The number of carboxylic acid groups (broad SMARTS) is 1. The molecule has 0 amide bonds. The second-order valence-electron chi connectivity index (χ2n) is 3.95. The molecular weight excluding hydrogens is 234 g/mol. The van der Waals surface area contributed by atoms with Crippen molar-refractivity contribution in [2.75, 3.05) is 6.61 Å². The smallest absolute Gasteiger partial charge is 0.336 e. The number of pyridine rings is 1. The molecule has 1 aromatic carbocycles. The van der Waals surface area contributed by atoms with Gasteiger partial charge >= 0.3 is 5.97 Å². The molecule has 94 valence electrons. The van der Waals surface area contributed by atoms with Crippen molar-refractivity contribution in [2.24, 2.45) is 0 Å². The number of benzene rings is 1. The Morgan fingerprint density at radius 1 is 1.28 bits per heavy atom. The van der Waals surface area contributed by atoms with E-state index in [1.165, 1.54) is 4.57 Å². The molecule has 5 nitrogen and oxygen atoms in total. The van der Waals surface area contributed by atoms with Crippen molar-refractivity contribution in [3.05, 3.63) is 46.2 Å². The summed E-state index contributed by atoms with van der Waals surface area (Å²) in [6.07, 6.45) is 0.455. The number of aliphatic hydroxyl groups excluding tert-OH is 1. The maximum atomic E-state index is 11.9. The zero-order valence-electron chi connectivity index (χ0n) is 9.67. The van der Waals surface area contributed by atoms with Crippen LogP contribution < -0.4 is 5.56 Å². The predicted molar refractivity (Wildman–Crippen MR) is 66.9 cm³/mol. The van der Waals surface area contributed by atoms with Crippen molar-refractivity contribution >= 4 is 16.9 Å². The van der Waals surface area contributed by atoms with Crippen molar-refractivity contribution in [1.82, 2.24) is 4.57 Å². The van der Waals surface area contributed by atoms with Crippen LogP contribution in [0.4, 0.5) is 0 Å². The highest BCUT2D eigenvalue weighted by atomic mass is 16.4. The van der Waals surface area contributed by atoms with Gasteiger partial charge in [-0.3, -0.25) is 4.79 Å². The van der Waals surface area contributed by atoms with Crippen molar-refractivity contribution in [1.29, 1.82) is 0 Å². The highest BCUT2D eigenvalue weighted by molar-refractivity contribution is 6.02. The zero-order valence-corrected chi connectivity index (χ0v) is 9.67. The van der Waals surface area contributed by atoms with E-state index in [9.17, 15) is 9.59 Å². The monoisotopic (exact) mass is 247 g/mol. The van der Waals surface area contributed by atoms with Gasteiger partial charge in [0.15, 0.2) is 0 Å². The molecule has 0 aliphatic heterocycles. The summed E-state index contributed by atoms with van der Waals surface area (Å²) in [7, 11) is 0. The van der Waals surface area contributed by atoms with Crippen molar-refractivity contribution < 1.29 is 15.0 Å². The number of carbonyl (C=O) groups is 1. The molecule has 0 atom stereocenters. The predicted octanol–water partition coefficient (Wildman–Crippen LogP) is 1.08. The molecule has 0 saturated carbocycles. The molecule has 1 aromatic heterocycles. The third kappa shape index (κ3) is 2.12. The minimum atomic E-state index is -1.11. The first-order valence-corrected chi connectivity index (χ1v) is 5.62. The number of aromatic carboxylic acids is 1. The van der Waals surface area contributed by atoms with Gasteiger partial charge in [0.05, 0.1) is 11.1 Å². The number of hydrogen-bond donors (Lipinski definition) is 2. The largest absolute Gasteiger partial charge is 0.478 e. The Labute approximate surface area is 103 Å². The van der Waals surface area contributed by atoms with Gasteiger partial charge in [0, 0.05) is 24.6 Å². The highest BCUT2D eigenvalue weighted by Gasteiger charge is 2.12. The fourth-order valence-electron chi connectivity index (χ4n) is 1.97. The maximum absolute atomic E-state index is 11.9. The lowest BCUT2D eigenvalue weighted by Gasteiger charge is -2.11. The van der Waals surface area contributed by atoms with Gasteiger partial charge in [-0.15, -0.1) is 0 Å². The van der Waals surface area contributed by atoms with Crippen LogP contribution in [0.2, 0.25) is 0 Å². The van der Waals surface area contributed by atoms with E-state index in [1.54, 1.807) is 24.3 Å². The summed E-state index contributed by atoms with van der Waals surface area (Å²) in [6.45, 7) is 0.358. The third-order valence-electron chi connectivity index (χ3n) is 2.79. The van der Waals surface area contributed by atoms with Crippen LogP contribution in [0.15, 0.2) is 35.1 Å². The molecule has 0 spiro atoms. The molecule has 0 aliphatic rings. The quantitative estimate of drug-likeness (QED) is 0.847. The van der Waals surface area contributed by atoms with E-state index in [2.05, 4.69) is 0 Å². The van der Waals surface area contributed by atoms with Crippen LogP contribution in [-0.4, -0.2) is 27.4 Å². The molecule has 2 aromatic rings. The molecule has 0 unspecified atom stereocenters. The standard InChI is InChI=1S/C13H13NO4/c15-7-3-6-14-11-5-2-1-4-9(11)10(13(17)18)8-12(14)16/h1-2,4-5,8,15H,3,6-7H2,(H,17,18). The van der Waals surface area contributed by atoms with Crippen LogP contribution >= 0.6 is 0 Å². The third-order valence-corrected chi connectivity index (χ3v) is 2.79. The molecule has 0 bridgehead atoms. The first-order valence-electron chi connectivity index (χ1n) is 5.62. The van der Waals surface area contributed by atoms with Gasteiger partial charge in [0.1, 0.15) is 0 Å². The van der Waals surface area contributed by atoms with E-state index < -0.39 is 5.97 Å². The van der Waals surface area contributed by atoms with Gasteiger partial charge in [0.25, 0.3) is 5.56 Å². The summed E-state index contributed by atoms with van der Waals surface area (Å²) in [5, 5.41) is 18.4. The van der Waals surface area contributed by atoms with Crippen LogP contribution in [0.5, 0.6) is 0 Å². The topological polar surface area (TPSA) is 79.5 Å². The number of carboxylic acids is 1. The Morgan fingerprint density at radius 2 is 2.00 bits per heavy atom. The number of aliphatic hydroxyl groups is 1. The second-order valence-corrected chi connectivity index (χ2v) is 3.95. The van der Waals surface area contributed by atoms with Crippen LogP contribution in [0.3, 0.4) is 0 Å². The Bertz CT molecular complexity index is 645. The lowest BCUT2D eigenvalue weighted by molar-refractivity contribution is 0.0698. The van der Waals surface area contributed by atoms with Gasteiger partial charge in [-0.25, -0.2) is 4.79 Å². The van der Waals surface area contributed by atoms with E-state index in [0.29, 0.717) is 23.9 Å². The molecule has 2 N–H and O–H groups in total. The number of aromatic nitrogens is 1. The number of rotatable bonds is 4. The van der Waals surface area contributed by atoms with Gasteiger partial charge in [0.2, 0.25) is 0 Å². The van der Waals surface area contributed by atoms with Crippen LogP contribution in [0.25, 0.3) is 10.9 Å². The fourth-order valence-corrected chi connectivity index (χ4v) is 1.97. The average molecular weight is 247 g/mol. The van der Waals surface area contributed by atoms with E-state index >= 15 is 0 Å². The summed E-state index contributed by atoms with van der Waals surface area (Å²) < 4.78 is 1.48. The first-order chi connectivity index (χ1) is 8.65. The second kappa shape index (κ2) is 5.01. The molecule has 1 heterocycles. The molecule has 0 fully saturated rings. The number of fused-ring (bicyclic) bond motifs is 1. The fraction of sp³-hybridized carbons (Fsp3) is 0.231. The maximum Gasteiger partial charge on any atom is 0.336 e. The van der Waals surface area contributed by atoms with E-state index in [4.69, 9.17) is 10.2 Å². The minimum Gasteiger partial charge on any atom is -0.478 e.